The molecule has 11 heteroatoms. The molecule has 0 amide bonds. The van der Waals surface area contributed by atoms with Crippen LogP contribution in [0.4, 0.5) is 24.5 Å². The fraction of sp³-hybridized carbons (Fsp3) is 0.333. The molecule has 7 nitrogen and oxygen atoms in total. The number of anilines is 1. The van der Waals surface area contributed by atoms with Gasteiger partial charge < -0.3 is 19.5 Å². The summed E-state index contributed by atoms with van der Waals surface area (Å²) in [6.07, 6.45) is -5.96. The van der Waals surface area contributed by atoms with E-state index in [2.05, 4.69) is 0 Å². The zero-order valence-corrected chi connectivity index (χ0v) is 16.0. The van der Waals surface area contributed by atoms with Crippen molar-refractivity contribution in [1.82, 2.24) is 0 Å². The minimum atomic E-state index is -4.84. The molecule has 0 saturated carbocycles. The van der Waals surface area contributed by atoms with E-state index in [-0.39, 0.29) is 18.8 Å². The van der Waals surface area contributed by atoms with Crippen molar-refractivity contribution < 1.29 is 32.7 Å². The zero-order chi connectivity index (χ0) is 21.5. The standard InChI is InChI=1S/C18H16ClF3N2O5/c1-28-15-3-4-16(29-2)17-9(15)7-23(8-14(17)25)12-6-11(19)10(18(20,21)22)5-13(12)24(26)27/h3-6,14,25H,7-8H2,1-2H3. The molecule has 0 saturated heterocycles. The number of alkyl halides is 3. The molecule has 0 fully saturated rings. The molecule has 3 rings (SSSR count). The quantitative estimate of drug-likeness (QED) is 0.571. The van der Waals surface area contributed by atoms with Crippen LogP contribution in [0.3, 0.4) is 0 Å². The van der Waals surface area contributed by atoms with Crippen molar-refractivity contribution in [3.05, 3.63) is 56.1 Å². The summed E-state index contributed by atoms with van der Waals surface area (Å²) in [7, 11) is 2.85. The normalized spacial score (nSPS) is 16.4. The molecule has 0 radical (unpaired) electrons. The van der Waals surface area contributed by atoms with Crippen LogP contribution in [0.1, 0.15) is 22.8 Å². The van der Waals surface area contributed by atoms with Gasteiger partial charge in [-0.2, -0.15) is 13.2 Å². The van der Waals surface area contributed by atoms with Crippen molar-refractivity contribution >= 4 is 23.0 Å². The second-order valence-corrected chi connectivity index (χ2v) is 6.74. The van der Waals surface area contributed by atoms with Crippen LogP contribution in [0.2, 0.25) is 5.02 Å². The first-order valence-corrected chi connectivity index (χ1v) is 8.68. The number of hydrogen-bond acceptors (Lipinski definition) is 6. The molecule has 0 spiro atoms. The van der Waals surface area contributed by atoms with Crippen molar-refractivity contribution in [2.45, 2.75) is 18.8 Å². The van der Waals surface area contributed by atoms with Gasteiger partial charge in [0.1, 0.15) is 23.3 Å². The van der Waals surface area contributed by atoms with Gasteiger partial charge in [0.15, 0.2) is 0 Å². The highest BCUT2D eigenvalue weighted by molar-refractivity contribution is 6.31. The van der Waals surface area contributed by atoms with Gasteiger partial charge in [0.2, 0.25) is 0 Å². The van der Waals surface area contributed by atoms with Gasteiger partial charge in [0, 0.05) is 30.3 Å². The van der Waals surface area contributed by atoms with E-state index in [1.165, 1.54) is 19.1 Å². The molecule has 1 heterocycles. The summed E-state index contributed by atoms with van der Waals surface area (Å²) >= 11 is 5.78. The summed E-state index contributed by atoms with van der Waals surface area (Å²) < 4.78 is 49.9. The predicted octanol–water partition coefficient (Wildman–Crippen LogP) is 4.34. The summed E-state index contributed by atoms with van der Waals surface area (Å²) in [5.74, 6) is 0.818. The van der Waals surface area contributed by atoms with E-state index in [1.807, 2.05) is 0 Å². The van der Waals surface area contributed by atoms with Gasteiger partial charge in [-0.1, -0.05) is 11.6 Å². The van der Waals surface area contributed by atoms with Gasteiger partial charge in [-0.3, -0.25) is 10.1 Å². The number of nitro groups is 1. The van der Waals surface area contributed by atoms with E-state index in [1.54, 1.807) is 12.1 Å². The molecule has 2 aromatic rings. The fourth-order valence-corrected chi connectivity index (χ4v) is 3.69. The van der Waals surface area contributed by atoms with E-state index in [4.69, 9.17) is 21.1 Å². The first-order chi connectivity index (χ1) is 13.6. The molecule has 1 aliphatic heterocycles. The number of nitrogens with zero attached hydrogens (tertiary/aromatic N) is 2. The number of methoxy groups -OCH3 is 2. The maximum absolute atomic E-state index is 13.1. The van der Waals surface area contributed by atoms with Crippen LogP contribution in [0.5, 0.6) is 11.5 Å². The molecule has 1 N–H and O–H groups in total. The SMILES string of the molecule is COc1ccc(OC)c2c1CN(c1cc(Cl)c(C(F)(F)F)cc1[N+](=O)[O-])CC2O. The number of β-amino-alcohol motifs (C(OH)–C–C–N with tert-alkyl or cyclic N) is 1. The van der Waals surface area contributed by atoms with Gasteiger partial charge in [-0.15, -0.1) is 0 Å². The van der Waals surface area contributed by atoms with E-state index >= 15 is 0 Å². The van der Waals surface area contributed by atoms with Crippen LogP contribution in [-0.4, -0.2) is 30.8 Å². The third-order valence-corrected chi connectivity index (χ3v) is 5.01. The molecule has 156 valence electrons. The Bertz CT molecular complexity index is 967. The molecule has 2 aromatic carbocycles. The molecule has 1 unspecified atom stereocenters. The Balaban J connectivity index is 2.14. The Morgan fingerprint density at radius 2 is 1.86 bits per heavy atom. The maximum Gasteiger partial charge on any atom is 0.418 e. The number of ether oxygens (including phenoxy) is 2. The molecule has 1 atom stereocenters. The Kier molecular flexibility index (Phi) is 5.50. The highest BCUT2D eigenvalue weighted by Gasteiger charge is 2.38. The van der Waals surface area contributed by atoms with Crippen LogP contribution < -0.4 is 14.4 Å². The monoisotopic (exact) mass is 432 g/mol. The zero-order valence-electron chi connectivity index (χ0n) is 15.3. The van der Waals surface area contributed by atoms with Crippen molar-refractivity contribution in [3.8, 4) is 11.5 Å². The van der Waals surface area contributed by atoms with E-state index in [9.17, 15) is 28.4 Å². The third-order valence-electron chi connectivity index (χ3n) is 4.70. The van der Waals surface area contributed by atoms with Crippen molar-refractivity contribution in [1.29, 1.82) is 0 Å². The summed E-state index contributed by atoms with van der Waals surface area (Å²) in [5.41, 5.74) is -1.23. The number of fused-ring (bicyclic) bond motifs is 1. The lowest BCUT2D eigenvalue weighted by Gasteiger charge is -2.35. The van der Waals surface area contributed by atoms with Gasteiger partial charge in [0.25, 0.3) is 5.69 Å². The molecular weight excluding hydrogens is 417 g/mol. The van der Waals surface area contributed by atoms with Crippen LogP contribution in [0, 0.1) is 10.1 Å². The molecule has 0 aliphatic carbocycles. The largest absolute Gasteiger partial charge is 0.496 e. The Morgan fingerprint density at radius 1 is 1.24 bits per heavy atom. The highest BCUT2D eigenvalue weighted by Crippen LogP contribution is 2.45. The van der Waals surface area contributed by atoms with Crippen LogP contribution in [-0.2, 0) is 12.7 Å². The average Bonchev–Trinajstić information content (AvgIpc) is 2.65. The van der Waals surface area contributed by atoms with E-state index in [0.717, 1.165) is 6.07 Å². The number of rotatable bonds is 4. The molecule has 29 heavy (non-hydrogen) atoms. The number of aliphatic hydroxyl groups is 1. The molecule has 1 aliphatic rings. The number of hydrogen-bond donors (Lipinski definition) is 1. The Labute approximate surface area is 168 Å². The fourth-order valence-electron chi connectivity index (χ4n) is 3.43. The summed E-state index contributed by atoms with van der Waals surface area (Å²) in [6.45, 7) is -0.0750. The number of nitro benzene ring substituents is 1. The maximum atomic E-state index is 13.1. The second-order valence-electron chi connectivity index (χ2n) is 6.33. The lowest BCUT2D eigenvalue weighted by molar-refractivity contribution is -0.384. The average molecular weight is 433 g/mol. The minimum absolute atomic E-state index is 0.0370. The van der Waals surface area contributed by atoms with Crippen molar-refractivity contribution in [2.24, 2.45) is 0 Å². The first-order valence-electron chi connectivity index (χ1n) is 8.30. The lowest BCUT2D eigenvalue weighted by atomic mass is 9.94. The van der Waals surface area contributed by atoms with Gasteiger partial charge in [0.05, 0.1) is 29.7 Å². The van der Waals surface area contributed by atoms with Crippen LogP contribution in [0.25, 0.3) is 0 Å². The topological polar surface area (TPSA) is 85.1 Å². The van der Waals surface area contributed by atoms with Gasteiger partial charge >= 0.3 is 6.18 Å². The predicted molar refractivity (Wildman–Crippen MR) is 98.7 cm³/mol. The smallest absolute Gasteiger partial charge is 0.418 e. The molecule has 0 aromatic heterocycles. The summed E-state index contributed by atoms with van der Waals surface area (Å²) in [4.78, 5) is 11.9. The molecule has 0 bridgehead atoms. The van der Waals surface area contributed by atoms with Crippen molar-refractivity contribution in [2.75, 3.05) is 25.7 Å². The lowest BCUT2D eigenvalue weighted by Crippen LogP contribution is -2.34. The van der Waals surface area contributed by atoms with Gasteiger partial charge in [-0.25, -0.2) is 0 Å². The first kappa shape index (κ1) is 21.0. The highest BCUT2D eigenvalue weighted by atomic mass is 35.5. The van der Waals surface area contributed by atoms with E-state index in [0.29, 0.717) is 28.7 Å². The Morgan fingerprint density at radius 3 is 2.41 bits per heavy atom. The van der Waals surface area contributed by atoms with Gasteiger partial charge in [-0.05, 0) is 18.2 Å². The number of halogens is 4. The summed E-state index contributed by atoms with van der Waals surface area (Å²) in [5, 5.41) is 21.4. The summed E-state index contributed by atoms with van der Waals surface area (Å²) in [6, 6.07) is 4.53. The van der Waals surface area contributed by atoms with Crippen LogP contribution >= 0.6 is 11.6 Å². The van der Waals surface area contributed by atoms with Crippen LogP contribution in [0.15, 0.2) is 24.3 Å². The van der Waals surface area contributed by atoms with Crippen molar-refractivity contribution in [3.63, 3.8) is 0 Å². The Hall–Kier alpha value is -2.72. The number of benzene rings is 2. The second kappa shape index (κ2) is 7.60. The number of aliphatic hydroxyl groups excluding tert-OH is 1. The van der Waals surface area contributed by atoms with E-state index < -0.39 is 33.5 Å². The third kappa shape index (κ3) is 3.77. The molecular formula is C18H16ClF3N2O5. The minimum Gasteiger partial charge on any atom is -0.496 e.